The number of ether oxygens (including phenoxy) is 1. The number of hydrogen-bond acceptors (Lipinski definition) is 6. The summed E-state index contributed by atoms with van der Waals surface area (Å²) in [5.41, 5.74) is 8.62. The van der Waals surface area contributed by atoms with Gasteiger partial charge in [0.15, 0.2) is 6.61 Å². The quantitative estimate of drug-likeness (QED) is 0.424. The van der Waals surface area contributed by atoms with E-state index in [0.717, 1.165) is 10.6 Å². The monoisotopic (exact) mass is 480 g/mol. The molecule has 0 radical (unpaired) electrons. The minimum atomic E-state index is -0.835. The summed E-state index contributed by atoms with van der Waals surface area (Å²) in [6.45, 7) is 5.48. The van der Waals surface area contributed by atoms with Crippen LogP contribution in [0.5, 0.6) is 0 Å². The molecule has 1 aliphatic heterocycles. The van der Waals surface area contributed by atoms with Gasteiger partial charge in [-0.15, -0.1) is 0 Å². The summed E-state index contributed by atoms with van der Waals surface area (Å²) in [5, 5.41) is 1.08. The number of amides is 4. The van der Waals surface area contributed by atoms with Crippen LogP contribution in [0.3, 0.4) is 0 Å². The fraction of sp³-hybridized carbons (Fsp3) is 0.320. The topological polar surface area (TPSA) is 134 Å². The fourth-order valence-electron chi connectivity index (χ4n) is 3.36. The van der Waals surface area contributed by atoms with Crippen LogP contribution in [0.25, 0.3) is 0 Å². The second kappa shape index (κ2) is 10.8. The molecule has 1 atom stereocenters. The number of rotatable bonds is 6. The van der Waals surface area contributed by atoms with Crippen molar-refractivity contribution < 1.29 is 28.7 Å². The van der Waals surface area contributed by atoms with Crippen molar-refractivity contribution in [3.63, 3.8) is 0 Å². The molecule has 2 aromatic carbocycles. The van der Waals surface area contributed by atoms with Crippen molar-refractivity contribution in [3.8, 4) is 0 Å². The molecule has 2 aromatic rings. The lowest BCUT2D eigenvalue weighted by atomic mass is 9.87. The maximum absolute atomic E-state index is 12.5. The lowest BCUT2D eigenvalue weighted by Gasteiger charge is -2.20. The predicted molar refractivity (Wildman–Crippen MR) is 125 cm³/mol. The number of benzene rings is 2. The Balaban J connectivity index is 1.44. The molecule has 0 bridgehead atoms. The number of carbonyl (C=O) groups excluding carboxylic acids is 5. The minimum Gasteiger partial charge on any atom is -0.455 e. The molecular weight excluding hydrogens is 452 g/mol. The van der Waals surface area contributed by atoms with Gasteiger partial charge in [-0.3, -0.25) is 45.3 Å². The van der Waals surface area contributed by atoms with Crippen molar-refractivity contribution in [3.05, 3.63) is 71.3 Å². The molecule has 184 valence electrons. The zero-order valence-electron chi connectivity index (χ0n) is 19.8. The van der Waals surface area contributed by atoms with Crippen LogP contribution in [0.2, 0.25) is 0 Å². The third-order valence-corrected chi connectivity index (χ3v) is 5.40. The summed E-state index contributed by atoms with van der Waals surface area (Å²) in [5.74, 6) is -3.76. The van der Waals surface area contributed by atoms with Gasteiger partial charge < -0.3 is 4.74 Å². The van der Waals surface area contributed by atoms with Crippen LogP contribution in [-0.4, -0.2) is 47.8 Å². The molecule has 4 amide bonds. The van der Waals surface area contributed by atoms with Gasteiger partial charge in [0.25, 0.3) is 17.7 Å². The highest BCUT2D eigenvalue weighted by Crippen LogP contribution is 2.22. The van der Waals surface area contributed by atoms with Crippen molar-refractivity contribution in [2.75, 3.05) is 13.2 Å². The van der Waals surface area contributed by atoms with Crippen molar-refractivity contribution in [2.24, 2.45) is 5.92 Å². The molecule has 0 aliphatic carbocycles. The van der Waals surface area contributed by atoms with Crippen LogP contribution in [-0.2, 0) is 24.5 Å². The van der Waals surface area contributed by atoms with E-state index in [1.165, 1.54) is 0 Å². The average molecular weight is 481 g/mol. The molecule has 1 aliphatic rings. The Hall–Kier alpha value is -4.21. The van der Waals surface area contributed by atoms with E-state index in [4.69, 9.17) is 4.74 Å². The SMILES string of the molecule is CC(C)(C)c1ccc(C(=O)NN2C[C@H](C(=O)OCC(=O)NNC(=O)c3ccccc3)CC2=O)cc1. The molecule has 10 nitrogen and oxygen atoms in total. The van der Waals surface area contributed by atoms with E-state index in [-0.39, 0.29) is 18.4 Å². The average Bonchev–Trinajstić information content (AvgIpc) is 3.21. The Morgan fingerprint density at radius 2 is 1.54 bits per heavy atom. The van der Waals surface area contributed by atoms with Gasteiger partial charge in [-0.1, -0.05) is 51.1 Å². The highest BCUT2D eigenvalue weighted by atomic mass is 16.5. The second-order valence-electron chi connectivity index (χ2n) is 9.15. The predicted octanol–water partition coefficient (Wildman–Crippen LogP) is 1.48. The normalized spacial score (nSPS) is 15.3. The maximum Gasteiger partial charge on any atom is 0.311 e. The Bertz CT molecular complexity index is 1110. The Morgan fingerprint density at radius 3 is 2.17 bits per heavy atom. The lowest BCUT2D eigenvalue weighted by Crippen LogP contribution is -2.44. The standard InChI is InChI=1S/C25H28N4O6/c1-25(2,3)19-11-9-17(10-12-19)23(33)28-29-14-18(13-21(29)31)24(34)35-15-20(30)26-27-22(32)16-7-5-4-6-8-16/h4-12,18H,13-15H2,1-3H3,(H,26,30)(H,27,32)(H,28,33)/t18-/m1/s1. The van der Waals surface area contributed by atoms with Gasteiger partial charge in [-0.25, -0.2) is 0 Å². The van der Waals surface area contributed by atoms with E-state index < -0.39 is 42.1 Å². The van der Waals surface area contributed by atoms with Crippen molar-refractivity contribution in [1.29, 1.82) is 0 Å². The molecule has 0 spiro atoms. The summed E-state index contributed by atoms with van der Waals surface area (Å²) in [7, 11) is 0. The van der Waals surface area contributed by atoms with Crippen molar-refractivity contribution >= 4 is 29.6 Å². The number of hydrazine groups is 2. The first kappa shape index (κ1) is 25.4. The number of carbonyl (C=O) groups is 5. The molecular formula is C25H28N4O6. The molecule has 0 saturated carbocycles. The van der Waals surface area contributed by atoms with Crippen LogP contribution >= 0.6 is 0 Å². The van der Waals surface area contributed by atoms with E-state index in [0.29, 0.717) is 11.1 Å². The third kappa shape index (κ3) is 6.89. The van der Waals surface area contributed by atoms with Crippen molar-refractivity contribution in [1.82, 2.24) is 21.3 Å². The summed E-state index contributed by atoms with van der Waals surface area (Å²) in [6, 6.07) is 15.3. The van der Waals surface area contributed by atoms with Crippen LogP contribution in [0.4, 0.5) is 0 Å². The Labute approximate surface area is 202 Å². The largest absolute Gasteiger partial charge is 0.455 e. The third-order valence-electron chi connectivity index (χ3n) is 5.40. The lowest BCUT2D eigenvalue weighted by molar-refractivity contribution is -0.152. The van der Waals surface area contributed by atoms with Gasteiger partial charge in [-0.05, 0) is 35.2 Å². The Kier molecular flexibility index (Phi) is 7.85. The van der Waals surface area contributed by atoms with Gasteiger partial charge >= 0.3 is 5.97 Å². The first-order valence-corrected chi connectivity index (χ1v) is 11.1. The first-order valence-electron chi connectivity index (χ1n) is 11.1. The number of hydrogen-bond donors (Lipinski definition) is 3. The van der Waals surface area contributed by atoms with Crippen LogP contribution in [0, 0.1) is 5.92 Å². The molecule has 0 unspecified atom stereocenters. The number of esters is 1. The van der Waals surface area contributed by atoms with Crippen LogP contribution in [0.1, 0.15) is 53.5 Å². The van der Waals surface area contributed by atoms with Crippen molar-refractivity contribution in [2.45, 2.75) is 32.6 Å². The highest BCUT2D eigenvalue weighted by Gasteiger charge is 2.36. The van der Waals surface area contributed by atoms with Gasteiger partial charge in [-0.2, -0.15) is 0 Å². The molecule has 1 fully saturated rings. The molecule has 3 N–H and O–H groups in total. The zero-order chi connectivity index (χ0) is 25.6. The molecule has 0 aromatic heterocycles. The summed E-state index contributed by atoms with van der Waals surface area (Å²) in [4.78, 5) is 60.9. The second-order valence-corrected chi connectivity index (χ2v) is 9.15. The van der Waals surface area contributed by atoms with E-state index in [2.05, 4.69) is 37.0 Å². The fourth-order valence-corrected chi connectivity index (χ4v) is 3.36. The molecule has 35 heavy (non-hydrogen) atoms. The summed E-state index contributed by atoms with van der Waals surface area (Å²) >= 11 is 0. The number of nitrogens with zero attached hydrogens (tertiary/aromatic N) is 1. The zero-order valence-corrected chi connectivity index (χ0v) is 19.8. The van der Waals surface area contributed by atoms with Gasteiger partial charge in [0.2, 0.25) is 5.91 Å². The van der Waals surface area contributed by atoms with Gasteiger partial charge in [0.1, 0.15) is 0 Å². The van der Waals surface area contributed by atoms with Gasteiger partial charge in [0.05, 0.1) is 12.5 Å². The van der Waals surface area contributed by atoms with Crippen LogP contribution < -0.4 is 16.3 Å². The molecule has 3 rings (SSSR count). The molecule has 1 saturated heterocycles. The Morgan fingerprint density at radius 1 is 0.914 bits per heavy atom. The number of nitrogens with one attached hydrogen (secondary N) is 3. The van der Waals surface area contributed by atoms with Crippen LogP contribution in [0.15, 0.2) is 54.6 Å². The molecule has 10 heteroatoms. The highest BCUT2D eigenvalue weighted by molar-refractivity contribution is 5.97. The first-order chi connectivity index (χ1) is 16.5. The van der Waals surface area contributed by atoms with E-state index in [9.17, 15) is 24.0 Å². The summed E-state index contributed by atoms with van der Waals surface area (Å²) < 4.78 is 4.96. The summed E-state index contributed by atoms with van der Waals surface area (Å²) in [6.07, 6.45) is -0.158. The molecule has 1 heterocycles. The van der Waals surface area contributed by atoms with E-state index in [1.807, 2.05) is 12.1 Å². The van der Waals surface area contributed by atoms with E-state index in [1.54, 1.807) is 42.5 Å². The van der Waals surface area contributed by atoms with Gasteiger partial charge in [0, 0.05) is 17.5 Å². The smallest absolute Gasteiger partial charge is 0.311 e. The maximum atomic E-state index is 12.5. The van der Waals surface area contributed by atoms with E-state index >= 15 is 0 Å². The minimum absolute atomic E-state index is 0.0576.